The third-order valence-electron chi connectivity index (χ3n) is 3.66. The number of hydrogen-bond acceptors (Lipinski definition) is 3. The summed E-state index contributed by atoms with van der Waals surface area (Å²) in [4.78, 5) is 10.8. The molecule has 0 spiro atoms. The van der Waals surface area contributed by atoms with E-state index in [1.54, 1.807) is 7.11 Å². The minimum Gasteiger partial charge on any atom is -0.413 e. The van der Waals surface area contributed by atoms with Crippen molar-refractivity contribution >= 4 is 14.6 Å². The second-order valence-electron chi connectivity index (χ2n) is 5.54. The van der Waals surface area contributed by atoms with Gasteiger partial charge in [-0.3, -0.25) is 0 Å². The van der Waals surface area contributed by atoms with Crippen LogP contribution >= 0.6 is 0 Å². The van der Waals surface area contributed by atoms with E-state index in [1.807, 2.05) is 0 Å². The summed E-state index contributed by atoms with van der Waals surface area (Å²) in [6, 6.07) is 0. The molecule has 0 bridgehead atoms. The molecule has 0 aromatic rings. The Morgan fingerprint density at radius 2 is 1.41 bits per heavy atom. The number of hydrogen-bond donors (Lipinski definition) is 0. The first-order valence-corrected chi connectivity index (χ1v) is 8.58. The highest BCUT2D eigenvalue weighted by Gasteiger charge is 2.45. The van der Waals surface area contributed by atoms with E-state index in [4.69, 9.17) is 9.16 Å². The van der Waals surface area contributed by atoms with E-state index in [0.717, 1.165) is 6.29 Å². The van der Waals surface area contributed by atoms with Crippen LogP contribution in [0.5, 0.6) is 0 Å². The highest BCUT2D eigenvalue weighted by Crippen LogP contribution is 2.42. The van der Waals surface area contributed by atoms with Crippen LogP contribution in [0.15, 0.2) is 0 Å². The lowest BCUT2D eigenvalue weighted by molar-refractivity contribution is -0.118. The van der Waals surface area contributed by atoms with E-state index in [1.165, 1.54) is 0 Å². The van der Waals surface area contributed by atoms with E-state index >= 15 is 0 Å². The predicted molar refractivity (Wildman–Crippen MR) is 73.9 cm³/mol. The van der Waals surface area contributed by atoms with Gasteiger partial charge in [0.05, 0.1) is 6.61 Å². The Hall–Kier alpha value is -0.193. The van der Waals surface area contributed by atoms with Gasteiger partial charge in [0.25, 0.3) is 0 Å². The average molecular weight is 260 g/mol. The molecule has 0 amide bonds. The Balaban J connectivity index is 4.87. The van der Waals surface area contributed by atoms with Gasteiger partial charge in [0.1, 0.15) is 6.10 Å². The standard InChI is InChI=1S/C13H28O3Si/c1-10(2)17(11(3)4,12(5)6)16-9-13(8-14)15-7/h8,10-13H,9H2,1-7H3/t13-/m0/s1. The molecule has 0 saturated carbocycles. The van der Waals surface area contributed by atoms with E-state index in [0.29, 0.717) is 23.2 Å². The van der Waals surface area contributed by atoms with Crippen molar-refractivity contribution in [3.8, 4) is 0 Å². The summed E-state index contributed by atoms with van der Waals surface area (Å²) in [6.07, 6.45) is 0.387. The smallest absolute Gasteiger partial charge is 0.200 e. The van der Waals surface area contributed by atoms with Crippen molar-refractivity contribution in [1.29, 1.82) is 0 Å². The van der Waals surface area contributed by atoms with Crippen LogP contribution in [0.2, 0.25) is 16.6 Å². The van der Waals surface area contributed by atoms with Crippen molar-refractivity contribution in [3.63, 3.8) is 0 Å². The SMILES string of the molecule is CO[C@@H](C=O)CO[Si](C(C)C)(C(C)C)C(C)C. The zero-order valence-corrected chi connectivity index (χ0v) is 13.3. The van der Waals surface area contributed by atoms with E-state index in [-0.39, 0.29) is 0 Å². The van der Waals surface area contributed by atoms with Gasteiger partial charge in [-0.2, -0.15) is 0 Å². The summed E-state index contributed by atoms with van der Waals surface area (Å²) in [5.41, 5.74) is 1.60. The molecule has 0 aliphatic carbocycles. The van der Waals surface area contributed by atoms with Gasteiger partial charge in [-0.25, -0.2) is 0 Å². The summed E-state index contributed by atoms with van der Waals surface area (Å²) in [6.45, 7) is 13.8. The highest BCUT2D eigenvalue weighted by atomic mass is 28.4. The molecule has 0 unspecified atom stereocenters. The fraction of sp³-hybridized carbons (Fsp3) is 0.923. The Morgan fingerprint density at radius 3 is 1.65 bits per heavy atom. The Bertz CT molecular complexity index is 205. The minimum absolute atomic E-state index is 0.390. The maximum absolute atomic E-state index is 10.8. The van der Waals surface area contributed by atoms with Gasteiger partial charge in [-0.15, -0.1) is 0 Å². The molecular formula is C13H28O3Si. The van der Waals surface area contributed by atoms with Crippen molar-refractivity contribution in [3.05, 3.63) is 0 Å². The van der Waals surface area contributed by atoms with Gasteiger partial charge >= 0.3 is 0 Å². The Labute approximate surface area is 107 Å². The monoisotopic (exact) mass is 260 g/mol. The second kappa shape index (κ2) is 7.29. The molecule has 0 saturated heterocycles. The van der Waals surface area contributed by atoms with Crippen LogP contribution in [0.1, 0.15) is 41.5 Å². The van der Waals surface area contributed by atoms with Crippen LogP contribution in [0.3, 0.4) is 0 Å². The number of carbonyl (C=O) groups is 1. The van der Waals surface area contributed by atoms with Gasteiger partial charge in [-0.1, -0.05) is 41.5 Å². The van der Waals surface area contributed by atoms with Crippen LogP contribution in [0.25, 0.3) is 0 Å². The fourth-order valence-corrected chi connectivity index (χ4v) is 8.34. The molecule has 1 atom stereocenters. The van der Waals surface area contributed by atoms with E-state index in [2.05, 4.69) is 41.5 Å². The molecule has 0 rings (SSSR count). The van der Waals surface area contributed by atoms with Crippen molar-refractivity contribution in [2.75, 3.05) is 13.7 Å². The highest BCUT2D eigenvalue weighted by molar-refractivity contribution is 6.77. The Kier molecular flexibility index (Phi) is 7.20. The van der Waals surface area contributed by atoms with Gasteiger partial charge in [-0.05, 0) is 16.6 Å². The molecule has 102 valence electrons. The van der Waals surface area contributed by atoms with Crippen molar-refractivity contribution < 1.29 is 14.0 Å². The third-order valence-corrected chi connectivity index (χ3v) is 9.74. The lowest BCUT2D eigenvalue weighted by Gasteiger charge is -2.42. The molecular weight excluding hydrogens is 232 g/mol. The molecule has 0 radical (unpaired) electrons. The second-order valence-corrected chi connectivity index (χ2v) is 11.0. The molecule has 17 heavy (non-hydrogen) atoms. The molecule has 3 nitrogen and oxygen atoms in total. The number of ether oxygens (including phenoxy) is 1. The maximum Gasteiger partial charge on any atom is 0.200 e. The number of aldehydes is 1. The van der Waals surface area contributed by atoms with Gasteiger partial charge < -0.3 is 14.0 Å². The first-order chi connectivity index (χ1) is 7.82. The summed E-state index contributed by atoms with van der Waals surface area (Å²) < 4.78 is 11.3. The molecule has 0 aromatic carbocycles. The quantitative estimate of drug-likeness (QED) is 0.496. The summed E-state index contributed by atoms with van der Waals surface area (Å²) in [7, 11) is -0.314. The summed E-state index contributed by atoms with van der Waals surface area (Å²) in [5.74, 6) is 0. The van der Waals surface area contributed by atoms with Gasteiger partial charge in [0.2, 0.25) is 0 Å². The molecule has 0 aliphatic heterocycles. The zero-order valence-electron chi connectivity index (χ0n) is 12.3. The largest absolute Gasteiger partial charge is 0.413 e. The number of carbonyl (C=O) groups excluding carboxylic acids is 1. The first-order valence-electron chi connectivity index (χ1n) is 6.44. The molecule has 0 fully saturated rings. The lowest BCUT2D eigenvalue weighted by atomic mass is 10.4. The lowest BCUT2D eigenvalue weighted by Crippen LogP contribution is -2.49. The fourth-order valence-electron chi connectivity index (χ4n) is 2.89. The summed E-state index contributed by atoms with van der Waals surface area (Å²) in [5, 5.41) is 0. The first kappa shape index (κ1) is 16.8. The number of methoxy groups -OCH3 is 1. The normalized spacial score (nSPS) is 14.7. The van der Waals surface area contributed by atoms with Crippen LogP contribution in [0.4, 0.5) is 0 Å². The van der Waals surface area contributed by atoms with Crippen molar-refractivity contribution in [2.24, 2.45) is 0 Å². The van der Waals surface area contributed by atoms with Crippen LogP contribution in [0, 0.1) is 0 Å². The predicted octanol–water partition coefficient (Wildman–Crippen LogP) is 3.39. The third kappa shape index (κ3) is 3.90. The van der Waals surface area contributed by atoms with Crippen molar-refractivity contribution in [1.82, 2.24) is 0 Å². The molecule has 0 aromatic heterocycles. The van der Waals surface area contributed by atoms with Crippen LogP contribution in [-0.2, 0) is 14.0 Å². The van der Waals surface area contributed by atoms with Crippen LogP contribution < -0.4 is 0 Å². The molecule has 0 aliphatic rings. The van der Waals surface area contributed by atoms with Gasteiger partial charge in [0, 0.05) is 7.11 Å². The van der Waals surface area contributed by atoms with E-state index in [9.17, 15) is 4.79 Å². The maximum atomic E-state index is 10.8. The molecule has 0 N–H and O–H groups in total. The number of rotatable bonds is 8. The zero-order chi connectivity index (χ0) is 13.6. The Morgan fingerprint density at radius 1 is 1.00 bits per heavy atom. The van der Waals surface area contributed by atoms with Crippen LogP contribution in [-0.4, -0.2) is 34.4 Å². The minimum atomic E-state index is -1.86. The van der Waals surface area contributed by atoms with Gasteiger partial charge in [0.15, 0.2) is 14.6 Å². The van der Waals surface area contributed by atoms with E-state index < -0.39 is 14.4 Å². The molecule has 4 heteroatoms. The molecule has 0 heterocycles. The average Bonchev–Trinajstić information content (AvgIpc) is 2.23. The summed E-state index contributed by atoms with van der Waals surface area (Å²) >= 11 is 0. The van der Waals surface area contributed by atoms with Crippen molar-refractivity contribution in [2.45, 2.75) is 64.3 Å². The topological polar surface area (TPSA) is 35.5 Å².